The summed E-state index contributed by atoms with van der Waals surface area (Å²) in [6, 6.07) is 12.2. The molecule has 8 nitrogen and oxygen atoms in total. The second-order valence-electron chi connectivity index (χ2n) is 7.11. The first-order chi connectivity index (χ1) is 14.1. The Morgan fingerprint density at radius 1 is 1.07 bits per heavy atom. The molecule has 1 aromatic heterocycles. The number of nitrogens with zero attached hydrogens (tertiary/aromatic N) is 6. The summed E-state index contributed by atoms with van der Waals surface area (Å²) >= 11 is 0. The fourth-order valence-corrected chi connectivity index (χ4v) is 3.09. The number of nitrogens with one attached hydrogen (secondary N) is 1. The smallest absolute Gasteiger partial charge is 0.243 e. The van der Waals surface area contributed by atoms with Crippen molar-refractivity contribution in [3.8, 4) is 0 Å². The number of carbonyl (C=O) groups is 1. The van der Waals surface area contributed by atoms with Crippen LogP contribution in [0, 0.1) is 0 Å². The van der Waals surface area contributed by atoms with E-state index in [1.54, 1.807) is 31.4 Å². The lowest BCUT2D eigenvalue weighted by Gasteiger charge is -2.36. The maximum absolute atomic E-state index is 12.0. The third kappa shape index (κ3) is 7.12. The third-order valence-corrected chi connectivity index (χ3v) is 4.82. The van der Waals surface area contributed by atoms with E-state index < -0.39 is 0 Å². The van der Waals surface area contributed by atoms with E-state index in [2.05, 4.69) is 42.2 Å². The molecule has 30 heavy (non-hydrogen) atoms. The van der Waals surface area contributed by atoms with Crippen molar-refractivity contribution >= 4 is 41.8 Å². The van der Waals surface area contributed by atoms with Crippen LogP contribution in [0.1, 0.15) is 5.56 Å². The number of guanidine groups is 1. The number of aromatic nitrogens is 2. The predicted octanol–water partition coefficient (Wildman–Crippen LogP) is 1.49. The number of hydrogen-bond acceptors (Lipinski definition) is 5. The molecule has 0 aliphatic carbocycles. The van der Waals surface area contributed by atoms with E-state index in [1.165, 1.54) is 5.56 Å². The van der Waals surface area contributed by atoms with Gasteiger partial charge in [-0.15, -0.1) is 24.0 Å². The van der Waals surface area contributed by atoms with E-state index in [0.717, 1.165) is 51.1 Å². The number of rotatable bonds is 6. The Kier molecular flexibility index (Phi) is 9.78. The topological polar surface area (TPSA) is 77.0 Å². The number of likely N-dealkylation sites (N-methyl/N-ethyl adjacent to an activating group) is 1. The number of halogens is 1. The second-order valence-corrected chi connectivity index (χ2v) is 7.11. The zero-order valence-corrected chi connectivity index (χ0v) is 19.9. The van der Waals surface area contributed by atoms with Gasteiger partial charge < -0.3 is 20.0 Å². The maximum atomic E-state index is 12.0. The molecule has 2 aromatic rings. The minimum absolute atomic E-state index is 0. The van der Waals surface area contributed by atoms with Crippen LogP contribution in [0.15, 0.2) is 53.8 Å². The Bertz CT molecular complexity index is 794. The molecule has 0 atom stereocenters. The van der Waals surface area contributed by atoms with Crippen molar-refractivity contribution in [3.05, 3.63) is 54.4 Å². The van der Waals surface area contributed by atoms with Crippen LogP contribution >= 0.6 is 24.0 Å². The van der Waals surface area contributed by atoms with Gasteiger partial charge in [0.2, 0.25) is 11.9 Å². The highest BCUT2D eigenvalue weighted by molar-refractivity contribution is 14.0. The van der Waals surface area contributed by atoms with Crippen molar-refractivity contribution < 1.29 is 4.79 Å². The van der Waals surface area contributed by atoms with Gasteiger partial charge >= 0.3 is 0 Å². The maximum Gasteiger partial charge on any atom is 0.243 e. The molecule has 2 heterocycles. The summed E-state index contributed by atoms with van der Waals surface area (Å²) in [6.45, 7) is 4.12. The lowest BCUT2D eigenvalue weighted by molar-refractivity contribution is -0.127. The number of piperazine rings is 1. The van der Waals surface area contributed by atoms with E-state index >= 15 is 0 Å². The summed E-state index contributed by atoms with van der Waals surface area (Å²) in [6.07, 6.45) is 4.43. The molecule has 1 fully saturated rings. The van der Waals surface area contributed by atoms with Crippen LogP contribution in [0.3, 0.4) is 0 Å². The molecule has 9 heteroatoms. The van der Waals surface area contributed by atoms with E-state index in [-0.39, 0.29) is 36.4 Å². The molecule has 1 aromatic carbocycles. The summed E-state index contributed by atoms with van der Waals surface area (Å²) in [4.78, 5) is 31.2. The fourth-order valence-electron chi connectivity index (χ4n) is 3.09. The van der Waals surface area contributed by atoms with Crippen LogP contribution < -0.4 is 10.2 Å². The summed E-state index contributed by atoms with van der Waals surface area (Å²) in [5.74, 6) is 1.53. The Morgan fingerprint density at radius 2 is 1.73 bits per heavy atom. The summed E-state index contributed by atoms with van der Waals surface area (Å²) < 4.78 is 0. The molecule has 1 saturated heterocycles. The van der Waals surface area contributed by atoms with Crippen molar-refractivity contribution in [2.75, 3.05) is 58.3 Å². The van der Waals surface area contributed by atoms with Crippen molar-refractivity contribution in [3.63, 3.8) is 0 Å². The number of anilines is 1. The fraction of sp³-hybridized carbons (Fsp3) is 0.429. The Morgan fingerprint density at radius 3 is 2.37 bits per heavy atom. The molecule has 162 valence electrons. The van der Waals surface area contributed by atoms with Crippen LogP contribution in [0.5, 0.6) is 0 Å². The van der Waals surface area contributed by atoms with Gasteiger partial charge in [-0.1, -0.05) is 30.3 Å². The molecule has 1 amide bonds. The molecule has 0 saturated carbocycles. The summed E-state index contributed by atoms with van der Waals surface area (Å²) in [5.41, 5.74) is 1.27. The first-order valence-corrected chi connectivity index (χ1v) is 9.93. The molecule has 0 bridgehead atoms. The summed E-state index contributed by atoms with van der Waals surface area (Å²) in [7, 11) is 3.50. The van der Waals surface area contributed by atoms with Gasteiger partial charge in [0.05, 0.1) is 0 Å². The highest BCUT2D eigenvalue weighted by Crippen LogP contribution is 2.10. The standard InChI is InChI=1S/C21H29N7O.HI/c1-26(2)19(29)17-25-21(24-12-9-18-7-4-3-5-8-18)28-15-13-27(14-16-28)20-22-10-6-11-23-20;/h3-8,10-11H,9,12-17H2,1-2H3,(H,24,25);1H. The lowest BCUT2D eigenvalue weighted by Crippen LogP contribution is -2.53. The van der Waals surface area contributed by atoms with Crippen molar-refractivity contribution in [1.82, 2.24) is 25.1 Å². The largest absolute Gasteiger partial charge is 0.356 e. The van der Waals surface area contributed by atoms with Crippen molar-refractivity contribution in [1.29, 1.82) is 0 Å². The van der Waals surface area contributed by atoms with Gasteiger partial charge in [0.1, 0.15) is 6.54 Å². The van der Waals surface area contributed by atoms with E-state index in [4.69, 9.17) is 0 Å². The molecule has 0 radical (unpaired) electrons. The highest BCUT2D eigenvalue weighted by atomic mass is 127. The molecule has 1 N–H and O–H groups in total. The quantitative estimate of drug-likeness (QED) is 0.352. The second kappa shape index (κ2) is 12.3. The zero-order valence-electron chi connectivity index (χ0n) is 17.6. The van der Waals surface area contributed by atoms with Crippen LogP contribution in [0.25, 0.3) is 0 Å². The van der Waals surface area contributed by atoms with Gasteiger partial charge in [-0.25, -0.2) is 15.0 Å². The first-order valence-electron chi connectivity index (χ1n) is 9.93. The van der Waals surface area contributed by atoms with Crippen LogP contribution in [0.2, 0.25) is 0 Å². The van der Waals surface area contributed by atoms with E-state index in [9.17, 15) is 4.79 Å². The van der Waals surface area contributed by atoms with Gasteiger partial charge in [0, 0.05) is 59.2 Å². The zero-order chi connectivity index (χ0) is 20.5. The molecule has 1 aliphatic heterocycles. The molecule has 1 aliphatic rings. The highest BCUT2D eigenvalue weighted by Gasteiger charge is 2.21. The van der Waals surface area contributed by atoms with Gasteiger partial charge in [-0.05, 0) is 18.1 Å². The molecular formula is C21H30IN7O. The lowest BCUT2D eigenvalue weighted by atomic mass is 10.1. The minimum Gasteiger partial charge on any atom is -0.356 e. The Labute approximate surface area is 195 Å². The number of aliphatic imine (C=N–C) groups is 1. The summed E-state index contributed by atoms with van der Waals surface area (Å²) in [5, 5.41) is 3.44. The van der Waals surface area contributed by atoms with Gasteiger partial charge in [-0.2, -0.15) is 0 Å². The number of amides is 1. The molecule has 0 unspecified atom stereocenters. The van der Waals surface area contributed by atoms with Crippen molar-refractivity contribution in [2.24, 2.45) is 4.99 Å². The van der Waals surface area contributed by atoms with Gasteiger partial charge in [-0.3, -0.25) is 4.79 Å². The SMILES string of the molecule is CN(C)C(=O)CN=C(NCCc1ccccc1)N1CCN(c2ncccn2)CC1.I. The van der Waals surface area contributed by atoms with Crippen LogP contribution in [-0.2, 0) is 11.2 Å². The normalized spacial score (nSPS) is 14.1. The molecule has 0 spiro atoms. The average molecular weight is 523 g/mol. The molecule has 3 rings (SSSR count). The number of hydrogen-bond donors (Lipinski definition) is 1. The number of benzene rings is 1. The third-order valence-electron chi connectivity index (χ3n) is 4.82. The van der Waals surface area contributed by atoms with Crippen LogP contribution in [0.4, 0.5) is 5.95 Å². The van der Waals surface area contributed by atoms with Gasteiger partial charge in [0.15, 0.2) is 5.96 Å². The Hall–Kier alpha value is -2.43. The van der Waals surface area contributed by atoms with Crippen molar-refractivity contribution in [2.45, 2.75) is 6.42 Å². The van der Waals surface area contributed by atoms with E-state index in [0.29, 0.717) is 0 Å². The van der Waals surface area contributed by atoms with Crippen LogP contribution in [-0.4, -0.2) is 85.0 Å². The number of carbonyl (C=O) groups excluding carboxylic acids is 1. The Balaban J connectivity index is 0.00000320. The predicted molar refractivity (Wildman–Crippen MR) is 130 cm³/mol. The first kappa shape index (κ1) is 23.8. The van der Waals surface area contributed by atoms with Gasteiger partial charge in [0.25, 0.3) is 0 Å². The minimum atomic E-state index is -0.0105. The average Bonchev–Trinajstić information content (AvgIpc) is 2.77. The molecular weight excluding hydrogens is 493 g/mol. The van der Waals surface area contributed by atoms with E-state index in [1.807, 2.05) is 24.3 Å². The monoisotopic (exact) mass is 523 g/mol.